The lowest BCUT2D eigenvalue weighted by molar-refractivity contribution is -0.371. The summed E-state index contributed by atoms with van der Waals surface area (Å²) in [6.45, 7) is 3.10. The molecule has 1 nitrogen and oxygen atoms in total. The van der Waals surface area contributed by atoms with Crippen LogP contribution in [-0.4, -0.2) is 6.54 Å². The second-order valence-electron chi connectivity index (χ2n) is 2.74. The van der Waals surface area contributed by atoms with Gasteiger partial charge in [0.05, 0.1) is 6.54 Å². The van der Waals surface area contributed by atoms with E-state index in [4.69, 9.17) is 11.6 Å². The molecule has 2 heteroatoms. The highest BCUT2D eigenvalue weighted by Crippen LogP contribution is 2.16. The van der Waals surface area contributed by atoms with E-state index in [9.17, 15) is 0 Å². The Labute approximate surface area is 72.2 Å². The number of benzene rings is 1. The molecule has 1 aromatic carbocycles. The Kier molecular flexibility index (Phi) is 2.92. The fraction of sp³-hybridized carbons (Fsp3) is 0.333. The van der Waals surface area contributed by atoms with E-state index in [0.29, 0.717) is 5.92 Å². The van der Waals surface area contributed by atoms with Crippen molar-refractivity contribution >= 4 is 11.6 Å². The molecule has 1 rings (SSSR count). The van der Waals surface area contributed by atoms with E-state index in [-0.39, 0.29) is 0 Å². The highest BCUT2D eigenvalue weighted by Gasteiger charge is 2.03. The van der Waals surface area contributed by atoms with Gasteiger partial charge in [-0.05, 0) is 17.7 Å². The average Bonchev–Trinajstić information content (AvgIpc) is 2.05. The van der Waals surface area contributed by atoms with Crippen molar-refractivity contribution < 1.29 is 5.73 Å². The molecular weight excluding hydrogens is 158 g/mol. The minimum atomic E-state index is 0.535. The summed E-state index contributed by atoms with van der Waals surface area (Å²) in [5.74, 6) is 0.535. The fourth-order valence-electron chi connectivity index (χ4n) is 0.958. The smallest absolute Gasteiger partial charge is 0.0806 e. The van der Waals surface area contributed by atoms with Crippen LogP contribution in [0.4, 0.5) is 0 Å². The predicted molar refractivity (Wildman–Crippen MR) is 47.6 cm³/mol. The van der Waals surface area contributed by atoms with Crippen LogP contribution in [0.5, 0.6) is 0 Å². The molecule has 3 N–H and O–H groups in total. The van der Waals surface area contributed by atoms with E-state index >= 15 is 0 Å². The number of hydrogen-bond acceptors (Lipinski definition) is 0. The van der Waals surface area contributed by atoms with Gasteiger partial charge >= 0.3 is 0 Å². The summed E-state index contributed by atoms with van der Waals surface area (Å²) < 4.78 is 0. The monoisotopic (exact) mass is 170 g/mol. The Morgan fingerprint density at radius 1 is 1.36 bits per heavy atom. The standard InChI is InChI=1S/C9H12ClN/c1-7(6-11)8-2-4-9(10)5-3-8/h2-5,7H,6,11H2,1H3/p+1/t7-/m1/s1. The molecule has 0 heterocycles. The Morgan fingerprint density at radius 2 is 1.91 bits per heavy atom. The molecule has 0 saturated carbocycles. The summed E-state index contributed by atoms with van der Waals surface area (Å²) in [5, 5.41) is 0.796. The maximum atomic E-state index is 5.74. The number of rotatable bonds is 2. The lowest BCUT2D eigenvalue weighted by atomic mass is 10.0. The van der Waals surface area contributed by atoms with E-state index in [1.54, 1.807) is 0 Å². The third-order valence-electron chi connectivity index (χ3n) is 1.87. The molecule has 0 aliphatic rings. The minimum absolute atomic E-state index is 0.535. The van der Waals surface area contributed by atoms with E-state index < -0.39 is 0 Å². The quantitative estimate of drug-likeness (QED) is 0.700. The number of hydrogen-bond donors (Lipinski definition) is 1. The Hall–Kier alpha value is -0.530. The highest BCUT2D eigenvalue weighted by molar-refractivity contribution is 6.30. The molecule has 0 bridgehead atoms. The van der Waals surface area contributed by atoms with Crippen molar-refractivity contribution in [3.8, 4) is 0 Å². The van der Waals surface area contributed by atoms with Crippen LogP contribution in [0.3, 0.4) is 0 Å². The summed E-state index contributed by atoms with van der Waals surface area (Å²) in [4.78, 5) is 0. The first kappa shape index (κ1) is 8.57. The SMILES string of the molecule is C[C@H](C[NH3+])c1ccc(Cl)cc1. The van der Waals surface area contributed by atoms with Gasteiger partial charge in [0.2, 0.25) is 0 Å². The molecule has 0 spiro atoms. The molecule has 0 aliphatic carbocycles. The van der Waals surface area contributed by atoms with Gasteiger partial charge in [-0.25, -0.2) is 0 Å². The summed E-state index contributed by atoms with van der Waals surface area (Å²) in [6, 6.07) is 7.95. The van der Waals surface area contributed by atoms with Crippen LogP contribution in [0.25, 0.3) is 0 Å². The predicted octanol–water partition coefficient (Wildman–Crippen LogP) is 1.69. The molecule has 0 fully saturated rings. The zero-order chi connectivity index (χ0) is 8.27. The van der Waals surface area contributed by atoms with Crippen molar-refractivity contribution in [3.63, 3.8) is 0 Å². The second-order valence-corrected chi connectivity index (χ2v) is 3.18. The first-order valence-corrected chi connectivity index (χ1v) is 4.16. The van der Waals surface area contributed by atoms with E-state index in [2.05, 4.69) is 24.8 Å². The third kappa shape index (κ3) is 2.21. The van der Waals surface area contributed by atoms with Crippen LogP contribution >= 0.6 is 11.6 Å². The topological polar surface area (TPSA) is 27.6 Å². The first-order chi connectivity index (χ1) is 5.24. The van der Waals surface area contributed by atoms with Crippen molar-refractivity contribution in [3.05, 3.63) is 34.9 Å². The average molecular weight is 171 g/mol. The lowest BCUT2D eigenvalue weighted by Crippen LogP contribution is -2.52. The molecule has 0 saturated heterocycles. The van der Waals surface area contributed by atoms with E-state index in [1.807, 2.05) is 12.1 Å². The van der Waals surface area contributed by atoms with Crippen LogP contribution in [0.2, 0.25) is 5.02 Å². The maximum Gasteiger partial charge on any atom is 0.0806 e. The largest absolute Gasteiger partial charge is 0.357 e. The summed E-state index contributed by atoms with van der Waals surface area (Å²) in [6.07, 6.45) is 0. The highest BCUT2D eigenvalue weighted by atomic mass is 35.5. The van der Waals surface area contributed by atoms with E-state index in [0.717, 1.165) is 11.6 Å². The fourth-order valence-corrected chi connectivity index (χ4v) is 1.08. The maximum absolute atomic E-state index is 5.74. The molecule has 0 aliphatic heterocycles. The van der Waals surface area contributed by atoms with Crippen molar-refractivity contribution in [2.45, 2.75) is 12.8 Å². The third-order valence-corrected chi connectivity index (χ3v) is 2.12. The summed E-state index contributed by atoms with van der Waals surface area (Å²) in [7, 11) is 0. The first-order valence-electron chi connectivity index (χ1n) is 3.78. The van der Waals surface area contributed by atoms with Crippen molar-refractivity contribution in [1.82, 2.24) is 0 Å². The lowest BCUT2D eigenvalue weighted by Gasteiger charge is -2.05. The van der Waals surface area contributed by atoms with Gasteiger partial charge in [0.15, 0.2) is 0 Å². The number of quaternary nitrogens is 1. The molecule has 0 amide bonds. The van der Waals surface area contributed by atoms with Gasteiger partial charge in [-0.1, -0.05) is 30.7 Å². The van der Waals surface area contributed by atoms with Gasteiger partial charge in [0, 0.05) is 10.9 Å². The minimum Gasteiger partial charge on any atom is -0.357 e. The van der Waals surface area contributed by atoms with Crippen LogP contribution in [0.1, 0.15) is 18.4 Å². The molecule has 0 radical (unpaired) electrons. The molecule has 0 unspecified atom stereocenters. The van der Waals surface area contributed by atoms with Crippen LogP contribution in [0.15, 0.2) is 24.3 Å². The Balaban J connectivity index is 2.81. The van der Waals surface area contributed by atoms with Crippen LogP contribution in [0, 0.1) is 0 Å². The Bertz CT molecular complexity index is 218. The second kappa shape index (κ2) is 3.74. The molecular formula is C9H13ClN+. The van der Waals surface area contributed by atoms with E-state index in [1.165, 1.54) is 5.56 Å². The molecule has 1 aromatic rings. The summed E-state index contributed by atoms with van der Waals surface area (Å²) >= 11 is 5.74. The van der Waals surface area contributed by atoms with Gasteiger partial charge in [-0.15, -0.1) is 0 Å². The normalized spacial score (nSPS) is 13.0. The van der Waals surface area contributed by atoms with Gasteiger partial charge in [0.1, 0.15) is 0 Å². The van der Waals surface area contributed by atoms with Gasteiger partial charge in [-0.3, -0.25) is 0 Å². The van der Waals surface area contributed by atoms with Crippen molar-refractivity contribution in [2.24, 2.45) is 0 Å². The zero-order valence-electron chi connectivity index (χ0n) is 6.68. The number of halogens is 1. The van der Waals surface area contributed by atoms with Crippen LogP contribution < -0.4 is 5.73 Å². The molecule has 60 valence electrons. The van der Waals surface area contributed by atoms with Gasteiger partial charge < -0.3 is 5.73 Å². The molecule has 11 heavy (non-hydrogen) atoms. The summed E-state index contributed by atoms with van der Waals surface area (Å²) in [5.41, 5.74) is 5.16. The van der Waals surface area contributed by atoms with Crippen LogP contribution in [-0.2, 0) is 0 Å². The van der Waals surface area contributed by atoms with Gasteiger partial charge in [-0.2, -0.15) is 0 Å². The van der Waals surface area contributed by atoms with Crippen molar-refractivity contribution in [1.29, 1.82) is 0 Å². The van der Waals surface area contributed by atoms with Crippen molar-refractivity contribution in [2.75, 3.05) is 6.54 Å². The Morgan fingerprint density at radius 3 is 2.36 bits per heavy atom. The van der Waals surface area contributed by atoms with Gasteiger partial charge in [0.25, 0.3) is 0 Å². The molecule has 0 aromatic heterocycles. The zero-order valence-corrected chi connectivity index (χ0v) is 7.43. The molecule has 1 atom stereocenters.